The Labute approximate surface area is 131 Å². The van der Waals surface area contributed by atoms with Gasteiger partial charge in [0.05, 0.1) is 0 Å². The lowest BCUT2D eigenvalue weighted by atomic mass is 10.0. The second-order valence-corrected chi connectivity index (χ2v) is 6.57. The highest BCUT2D eigenvalue weighted by Crippen LogP contribution is 2.35. The van der Waals surface area contributed by atoms with Gasteiger partial charge in [0.15, 0.2) is 11.4 Å². The smallest absolute Gasteiger partial charge is 0.196 e. The van der Waals surface area contributed by atoms with Gasteiger partial charge in [0.25, 0.3) is 0 Å². The third-order valence-corrected chi connectivity index (χ3v) is 4.76. The van der Waals surface area contributed by atoms with Crippen LogP contribution < -0.4 is 4.90 Å². The third-order valence-electron chi connectivity index (χ3n) is 4.27. The van der Waals surface area contributed by atoms with E-state index in [4.69, 9.17) is 4.42 Å². The average Bonchev–Trinajstić information content (AvgIpc) is 2.86. The Morgan fingerprint density at radius 1 is 1.29 bits per heavy atom. The van der Waals surface area contributed by atoms with Crippen LogP contribution in [0.4, 0.5) is 5.82 Å². The van der Waals surface area contributed by atoms with Crippen LogP contribution >= 0.6 is 15.9 Å². The van der Waals surface area contributed by atoms with E-state index >= 15 is 0 Å². The van der Waals surface area contributed by atoms with Gasteiger partial charge in [0.1, 0.15) is 17.4 Å². The van der Waals surface area contributed by atoms with Crippen molar-refractivity contribution in [2.45, 2.75) is 32.2 Å². The summed E-state index contributed by atoms with van der Waals surface area (Å²) in [6.07, 6.45) is 5.35. The highest BCUT2D eigenvalue weighted by Gasteiger charge is 2.24. The van der Waals surface area contributed by atoms with Gasteiger partial charge in [-0.3, -0.25) is 0 Å². The van der Waals surface area contributed by atoms with E-state index in [9.17, 15) is 0 Å². The first-order valence-electron chi connectivity index (χ1n) is 7.33. The van der Waals surface area contributed by atoms with Crippen molar-refractivity contribution < 1.29 is 4.42 Å². The number of fused-ring (bicyclic) bond motifs is 3. The normalized spacial score (nSPS) is 19.5. The van der Waals surface area contributed by atoms with Crippen LogP contribution in [0.2, 0.25) is 0 Å². The molecule has 0 saturated carbocycles. The summed E-state index contributed by atoms with van der Waals surface area (Å²) in [6, 6.07) is 6.51. The van der Waals surface area contributed by atoms with E-state index in [0.717, 1.165) is 38.9 Å². The maximum absolute atomic E-state index is 6.05. The summed E-state index contributed by atoms with van der Waals surface area (Å²) in [5.74, 6) is 0.930. The number of hydrogen-bond acceptors (Lipinski definition) is 4. The molecule has 0 N–H and O–H groups in total. The molecule has 108 valence electrons. The molecule has 3 heterocycles. The molecule has 4 rings (SSSR count). The number of anilines is 1. The molecule has 21 heavy (non-hydrogen) atoms. The highest BCUT2D eigenvalue weighted by atomic mass is 79.9. The van der Waals surface area contributed by atoms with Crippen molar-refractivity contribution in [3.05, 3.63) is 29.0 Å². The molecule has 1 atom stereocenters. The molecule has 5 heteroatoms. The number of hydrogen-bond donors (Lipinski definition) is 0. The third kappa shape index (κ3) is 2.11. The number of halogens is 1. The zero-order valence-corrected chi connectivity index (χ0v) is 13.4. The largest absolute Gasteiger partial charge is 0.450 e. The predicted molar refractivity (Wildman–Crippen MR) is 87.7 cm³/mol. The summed E-state index contributed by atoms with van der Waals surface area (Å²) in [4.78, 5) is 11.3. The zero-order valence-electron chi connectivity index (χ0n) is 11.8. The van der Waals surface area contributed by atoms with Crippen molar-refractivity contribution >= 4 is 43.8 Å². The first-order valence-corrected chi connectivity index (χ1v) is 8.13. The van der Waals surface area contributed by atoms with Crippen LogP contribution in [0.5, 0.6) is 0 Å². The van der Waals surface area contributed by atoms with Crippen molar-refractivity contribution in [1.82, 2.24) is 9.97 Å². The zero-order chi connectivity index (χ0) is 14.4. The quantitative estimate of drug-likeness (QED) is 0.650. The molecule has 0 bridgehead atoms. The molecule has 1 aliphatic heterocycles. The second kappa shape index (κ2) is 4.98. The van der Waals surface area contributed by atoms with E-state index in [2.05, 4.69) is 43.8 Å². The molecule has 3 aromatic rings. The maximum Gasteiger partial charge on any atom is 0.196 e. The number of rotatable bonds is 1. The van der Waals surface area contributed by atoms with E-state index in [1.54, 1.807) is 6.33 Å². The van der Waals surface area contributed by atoms with Crippen LogP contribution in [0.3, 0.4) is 0 Å². The van der Waals surface area contributed by atoms with Crippen molar-refractivity contribution in [2.75, 3.05) is 11.4 Å². The maximum atomic E-state index is 6.05. The average molecular weight is 346 g/mol. The fourth-order valence-electron chi connectivity index (χ4n) is 3.15. The molecule has 1 fully saturated rings. The Bertz CT molecular complexity index is 814. The number of nitrogens with zero attached hydrogens (tertiary/aromatic N) is 3. The van der Waals surface area contributed by atoms with Gasteiger partial charge in [-0.05, 0) is 44.4 Å². The minimum Gasteiger partial charge on any atom is -0.450 e. The lowest BCUT2D eigenvalue weighted by molar-refractivity contribution is 0.479. The number of benzene rings is 1. The molecule has 0 unspecified atom stereocenters. The van der Waals surface area contributed by atoms with Gasteiger partial charge in [-0.25, -0.2) is 9.97 Å². The first kappa shape index (κ1) is 13.1. The Morgan fingerprint density at radius 3 is 3.05 bits per heavy atom. The summed E-state index contributed by atoms with van der Waals surface area (Å²) in [6.45, 7) is 3.29. The first-order chi connectivity index (χ1) is 10.2. The fraction of sp³-hybridized carbons (Fsp3) is 0.375. The van der Waals surface area contributed by atoms with Crippen molar-refractivity contribution in [2.24, 2.45) is 0 Å². The van der Waals surface area contributed by atoms with Gasteiger partial charge in [-0.2, -0.15) is 0 Å². The fourth-order valence-corrected chi connectivity index (χ4v) is 3.51. The molecule has 0 aliphatic carbocycles. The summed E-state index contributed by atoms with van der Waals surface area (Å²) >= 11 is 3.51. The lowest BCUT2D eigenvalue weighted by Gasteiger charge is -2.34. The number of furan rings is 1. The van der Waals surface area contributed by atoms with E-state index in [-0.39, 0.29) is 0 Å². The van der Waals surface area contributed by atoms with Gasteiger partial charge in [0, 0.05) is 22.4 Å². The highest BCUT2D eigenvalue weighted by molar-refractivity contribution is 9.10. The Balaban J connectivity index is 1.95. The van der Waals surface area contributed by atoms with Crippen molar-refractivity contribution in [1.29, 1.82) is 0 Å². The Morgan fingerprint density at radius 2 is 2.19 bits per heavy atom. The van der Waals surface area contributed by atoms with Gasteiger partial charge >= 0.3 is 0 Å². The standard InChI is InChI=1S/C16H16BrN3O/c1-10-4-2-3-7-20(10)16-15-14(18-9-19-16)12-8-11(17)5-6-13(12)21-15/h5-6,8-10H,2-4,7H2,1H3/t10-/m0/s1. The van der Waals surface area contributed by atoms with Gasteiger partial charge in [-0.1, -0.05) is 15.9 Å². The molecule has 1 aliphatic rings. The Kier molecular flexibility index (Phi) is 3.10. The molecular weight excluding hydrogens is 330 g/mol. The molecule has 4 nitrogen and oxygen atoms in total. The lowest BCUT2D eigenvalue weighted by Crippen LogP contribution is -2.38. The minimum atomic E-state index is 0.497. The van der Waals surface area contributed by atoms with Crippen LogP contribution in [0, 0.1) is 0 Å². The van der Waals surface area contributed by atoms with E-state index in [1.165, 1.54) is 19.3 Å². The minimum absolute atomic E-state index is 0.497. The van der Waals surface area contributed by atoms with Gasteiger partial charge < -0.3 is 9.32 Å². The van der Waals surface area contributed by atoms with Crippen LogP contribution in [-0.2, 0) is 0 Å². The van der Waals surface area contributed by atoms with Gasteiger partial charge in [0.2, 0.25) is 0 Å². The topological polar surface area (TPSA) is 42.2 Å². The predicted octanol–water partition coefficient (Wildman–Crippen LogP) is 4.52. The second-order valence-electron chi connectivity index (χ2n) is 5.66. The molecule has 0 spiro atoms. The number of aromatic nitrogens is 2. The Hall–Kier alpha value is -1.62. The molecule has 0 amide bonds. The van der Waals surface area contributed by atoms with Gasteiger partial charge in [-0.15, -0.1) is 0 Å². The van der Waals surface area contributed by atoms with Crippen LogP contribution in [0.1, 0.15) is 26.2 Å². The summed E-state index contributed by atoms with van der Waals surface area (Å²) in [5.41, 5.74) is 2.56. The van der Waals surface area contributed by atoms with Crippen molar-refractivity contribution in [3.8, 4) is 0 Å². The molecule has 2 aromatic heterocycles. The summed E-state index contributed by atoms with van der Waals surface area (Å²) < 4.78 is 7.08. The SMILES string of the molecule is C[C@H]1CCCCN1c1ncnc2c1oc1ccc(Br)cc12. The van der Waals surface area contributed by atoms with Crippen LogP contribution in [-0.4, -0.2) is 22.6 Å². The van der Waals surface area contributed by atoms with E-state index in [1.807, 2.05) is 12.1 Å². The molecule has 1 saturated heterocycles. The van der Waals surface area contributed by atoms with Crippen LogP contribution in [0.25, 0.3) is 22.1 Å². The molecule has 0 radical (unpaired) electrons. The molecular formula is C16H16BrN3O. The molecule has 1 aromatic carbocycles. The van der Waals surface area contributed by atoms with E-state index < -0.39 is 0 Å². The van der Waals surface area contributed by atoms with Crippen LogP contribution in [0.15, 0.2) is 33.4 Å². The van der Waals surface area contributed by atoms with E-state index in [0.29, 0.717) is 6.04 Å². The summed E-state index contributed by atoms with van der Waals surface area (Å²) in [7, 11) is 0. The van der Waals surface area contributed by atoms with Crippen molar-refractivity contribution in [3.63, 3.8) is 0 Å². The number of piperidine rings is 1. The summed E-state index contributed by atoms with van der Waals surface area (Å²) in [5, 5.41) is 1.03. The monoisotopic (exact) mass is 345 g/mol.